The lowest BCUT2D eigenvalue weighted by atomic mass is 9.92. The van der Waals surface area contributed by atoms with Crippen LogP contribution >= 0.6 is 58.2 Å². The maximum Gasteiger partial charge on any atom is 0.157 e. The van der Waals surface area contributed by atoms with E-state index in [9.17, 15) is 0 Å². The van der Waals surface area contributed by atoms with Gasteiger partial charge >= 0.3 is 0 Å². The van der Waals surface area contributed by atoms with Crippen LogP contribution in [0.5, 0.6) is 0 Å². The van der Waals surface area contributed by atoms with E-state index in [4.69, 9.17) is 46.4 Å². The number of aliphatic imine (C=N–C) groups is 1. The first-order valence-corrected chi connectivity index (χ1v) is 12.6. The topological polar surface area (TPSA) is 24.4 Å². The Balaban J connectivity index is 1.78. The minimum absolute atomic E-state index is 0.146. The van der Waals surface area contributed by atoms with Crippen molar-refractivity contribution >= 4 is 75.0 Å². The van der Waals surface area contributed by atoms with E-state index in [0.29, 0.717) is 26.5 Å². The van der Waals surface area contributed by atoms with Crippen LogP contribution in [0.4, 0.5) is 0 Å². The van der Waals surface area contributed by atoms with E-state index >= 15 is 0 Å². The van der Waals surface area contributed by atoms with E-state index in [1.807, 2.05) is 42.5 Å². The number of nitrogens with zero attached hydrogens (tertiary/aromatic N) is 1. The van der Waals surface area contributed by atoms with Crippen molar-refractivity contribution in [1.82, 2.24) is 5.32 Å². The van der Waals surface area contributed by atoms with Gasteiger partial charge in [-0.05, 0) is 46.9 Å². The molecule has 1 unspecified atom stereocenters. The molecule has 0 aliphatic carbocycles. The molecule has 0 bridgehead atoms. The number of rotatable bonds is 6. The first-order chi connectivity index (χ1) is 15.5. The van der Waals surface area contributed by atoms with E-state index in [0.717, 1.165) is 39.7 Å². The second-order valence-electron chi connectivity index (χ2n) is 7.28. The van der Waals surface area contributed by atoms with Gasteiger partial charge in [0, 0.05) is 15.8 Å². The number of thioether (sulfide) groups is 1. The Morgan fingerprint density at radius 3 is 2.50 bits per heavy atom. The van der Waals surface area contributed by atoms with Gasteiger partial charge in [-0.2, -0.15) is 0 Å². The smallest absolute Gasteiger partial charge is 0.157 e. The van der Waals surface area contributed by atoms with Gasteiger partial charge in [0.1, 0.15) is 0 Å². The average molecular weight is 522 g/mol. The highest BCUT2D eigenvalue weighted by Crippen LogP contribution is 2.38. The molecular formula is C25H20Cl4N2S. The third-order valence-electron chi connectivity index (χ3n) is 5.08. The molecule has 7 heteroatoms. The van der Waals surface area contributed by atoms with E-state index in [1.54, 1.807) is 23.9 Å². The molecule has 0 spiro atoms. The van der Waals surface area contributed by atoms with Crippen LogP contribution in [0.3, 0.4) is 0 Å². The summed E-state index contributed by atoms with van der Waals surface area (Å²) < 4.78 is 0. The molecule has 3 aromatic rings. The number of nitrogens with one attached hydrogen (secondary N) is 1. The Hall–Kier alpha value is -1.62. The summed E-state index contributed by atoms with van der Waals surface area (Å²) in [6, 6.07) is 21.3. The van der Waals surface area contributed by atoms with Crippen LogP contribution < -0.4 is 5.32 Å². The summed E-state index contributed by atoms with van der Waals surface area (Å²) in [6.07, 6.45) is 2.77. The fraction of sp³-hybridized carbons (Fsp3) is 0.160. The van der Waals surface area contributed by atoms with Crippen LogP contribution in [-0.2, 0) is 0 Å². The summed E-state index contributed by atoms with van der Waals surface area (Å²) in [6.45, 7) is 0.804. The number of hydrogen-bond acceptors (Lipinski definition) is 3. The minimum atomic E-state index is -0.146. The number of amidine groups is 1. The first kappa shape index (κ1) is 23.5. The Bertz CT molecular complexity index is 1160. The van der Waals surface area contributed by atoms with Crippen LogP contribution in [0.25, 0.3) is 11.6 Å². The lowest BCUT2D eigenvalue weighted by molar-refractivity contribution is 0.672. The highest BCUT2D eigenvalue weighted by molar-refractivity contribution is 8.14. The molecule has 1 N–H and O–H groups in total. The van der Waals surface area contributed by atoms with E-state index < -0.39 is 0 Å². The highest BCUT2D eigenvalue weighted by atomic mass is 35.5. The number of benzene rings is 3. The summed E-state index contributed by atoms with van der Waals surface area (Å²) in [5.74, 6) is 0.966. The molecule has 32 heavy (non-hydrogen) atoms. The predicted octanol–water partition coefficient (Wildman–Crippen LogP) is 8.66. The zero-order valence-electron chi connectivity index (χ0n) is 17.0. The van der Waals surface area contributed by atoms with Crippen LogP contribution in [0.15, 0.2) is 71.7 Å². The summed E-state index contributed by atoms with van der Waals surface area (Å²) in [7, 11) is 0. The molecule has 0 amide bonds. The molecule has 0 aromatic heterocycles. The van der Waals surface area contributed by atoms with E-state index in [1.165, 1.54) is 0 Å². The van der Waals surface area contributed by atoms with Gasteiger partial charge in [0.25, 0.3) is 0 Å². The minimum Gasteiger partial charge on any atom is -0.358 e. The summed E-state index contributed by atoms with van der Waals surface area (Å²) >= 11 is 27.5. The van der Waals surface area contributed by atoms with Crippen LogP contribution in [-0.4, -0.2) is 17.5 Å². The van der Waals surface area contributed by atoms with Crippen molar-refractivity contribution in [2.24, 2.45) is 4.99 Å². The number of halogens is 4. The van der Waals surface area contributed by atoms with Crippen LogP contribution in [0, 0.1) is 0 Å². The quantitative estimate of drug-likeness (QED) is 0.328. The van der Waals surface area contributed by atoms with Crippen molar-refractivity contribution in [2.45, 2.75) is 12.5 Å². The molecule has 164 valence electrons. The monoisotopic (exact) mass is 520 g/mol. The van der Waals surface area contributed by atoms with Crippen molar-refractivity contribution in [3.05, 3.63) is 104 Å². The molecule has 1 atom stereocenters. The third kappa shape index (κ3) is 5.84. The zero-order chi connectivity index (χ0) is 22.5. The third-order valence-corrected chi connectivity index (χ3v) is 7.37. The predicted molar refractivity (Wildman–Crippen MR) is 142 cm³/mol. The van der Waals surface area contributed by atoms with Crippen molar-refractivity contribution in [3.63, 3.8) is 0 Å². The Morgan fingerprint density at radius 1 is 0.969 bits per heavy atom. The Morgan fingerprint density at radius 2 is 1.78 bits per heavy atom. The molecule has 2 nitrogen and oxygen atoms in total. The zero-order valence-corrected chi connectivity index (χ0v) is 20.8. The van der Waals surface area contributed by atoms with E-state index in [-0.39, 0.29) is 6.04 Å². The van der Waals surface area contributed by atoms with Crippen molar-refractivity contribution in [1.29, 1.82) is 0 Å². The van der Waals surface area contributed by atoms with Crippen LogP contribution in [0.1, 0.15) is 29.2 Å². The lowest BCUT2D eigenvalue weighted by Gasteiger charge is -2.24. The molecule has 0 fully saturated rings. The second kappa shape index (κ2) is 11.0. The van der Waals surface area contributed by atoms with Gasteiger partial charge in [-0.1, -0.05) is 113 Å². The second-order valence-corrected chi connectivity index (χ2v) is 10.00. The fourth-order valence-electron chi connectivity index (χ4n) is 3.57. The van der Waals surface area contributed by atoms with Gasteiger partial charge in [0.05, 0.1) is 22.6 Å². The van der Waals surface area contributed by atoms with Crippen molar-refractivity contribution in [3.8, 4) is 0 Å². The molecule has 1 aliphatic rings. The van der Waals surface area contributed by atoms with Gasteiger partial charge in [-0.15, -0.1) is 0 Å². The van der Waals surface area contributed by atoms with Gasteiger partial charge in [0.2, 0.25) is 0 Å². The molecule has 1 heterocycles. The van der Waals surface area contributed by atoms with Gasteiger partial charge in [0.15, 0.2) is 5.17 Å². The molecule has 0 saturated heterocycles. The van der Waals surface area contributed by atoms with Gasteiger partial charge in [-0.25, -0.2) is 0 Å². The summed E-state index contributed by atoms with van der Waals surface area (Å²) in [5.41, 5.74) is 3.97. The van der Waals surface area contributed by atoms with Crippen LogP contribution in [0.2, 0.25) is 20.1 Å². The standard InChI is InChI=1S/C25H20Cl4N2S/c26-18-9-10-19(22(28)15-18)17(13-16-5-2-1-3-6-16)14-23(31-25-30-11-12-32-25)20-7-4-8-21(27)24(20)29/h1-10,13,15,23H,11-12,14H2,(H,30,31)/b17-13-. The first-order valence-electron chi connectivity index (χ1n) is 10.1. The number of hydrogen-bond donors (Lipinski definition) is 1. The molecular weight excluding hydrogens is 502 g/mol. The Kier molecular flexibility index (Phi) is 8.09. The van der Waals surface area contributed by atoms with Gasteiger partial charge in [-0.3, -0.25) is 4.99 Å². The maximum atomic E-state index is 6.63. The molecule has 1 aliphatic heterocycles. The lowest BCUT2D eigenvalue weighted by Crippen LogP contribution is -2.26. The average Bonchev–Trinajstić information content (AvgIpc) is 3.29. The summed E-state index contributed by atoms with van der Waals surface area (Å²) in [5, 5.41) is 6.75. The van der Waals surface area contributed by atoms with Gasteiger partial charge < -0.3 is 5.32 Å². The maximum absolute atomic E-state index is 6.63. The summed E-state index contributed by atoms with van der Waals surface area (Å²) in [4.78, 5) is 4.58. The van der Waals surface area contributed by atoms with Crippen molar-refractivity contribution in [2.75, 3.05) is 12.3 Å². The fourth-order valence-corrected chi connectivity index (χ4v) is 5.32. The normalized spacial score (nSPS) is 14.9. The molecule has 3 aromatic carbocycles. The molecule has 0 saturated carbocycles. The Labute approximate surface area is 212 Å². The molecule has 4 rings (SSSR count). The molecule has 0 radical (unpaired) electrons. The van der Waals surface area contributed by atoms with Crippen molar-refractivity contribution < 1.29 is 0 Å². The SMILES string of the molecule is Clc1ccc(/C(=C\c2ccccc2)CC(NC2=NCCS2)c2cccc(Cl)c2Cl)c(Cl)c1. The highest BCUT2D eigenvalue weighted by Gasteiger charge is 2.22. The van der Waals surface area contributed by atoms with E-state index in [2.05, 4.69) is 28.5 Å². The largest absolute Gasteiger partial charge is 0.358 e.